The number of hydrogen-bond donors (Lipinski definition) is 0. The van der Waals surface area contributed by atoms with Gasteiger partial charge in [0.05, 0.1) is 27.6 Å². The van der Waals surface area contributed by atoms with Gasteiger partial charge in [0.15, 0.2) is 17.5 Å². The lowest BCUT2D eigenvalue weighted by Crippen LogP contribution is -2.00. The van der Waals surface area contributed by atoms with Gasteiger partial charge in [0.25, 0.3) is 0 Å². The topological polar surface area (TPSA) is 61.7 Å². The van der Waals surface area contributed by atoms with Crippen molar-refractivity contribution < 1.29 is 4.42 Å². The van der Waals surface area contributed by atoms with Crippen molar-refractivity contribution >= 4 is 65.6 Å². The highest BCUT2D eigenvalue weighted by atomic mass is 16.3. The van der Waals surface area contributed by atoms with Crippen LogP contribution in [-0.2, 0) is 0 Å². The van der Waals surface area contributed by atoms with Crippen molar-refractivity contribution in [3.8, 4) is 56.7 Å². The average molecular weight is 806 g/mol. The maximum absolute atomic E-state index is 7.09. The van der Waals surface area contributed by atoms with Gasteiger partial charge in [0.1, 0.15) is 11.2 Å². The molecule has 0 aliphatic rings. The van der Waals surface area contributed by atoms with Gasteiger partial charge in [-0.15, -0.1) is 0 Å². The van der Waals surface area contributed by atoms with E-state index in [9.17, 15) is 0 Å². The van der Waals surface area contributed by atoms with Crippen molar-refractivity contribution in [2.75, 3.05) is 0 Å². The zero-order valence-corrected chi connectivity index (χ0v) is 33.9. The molecule has 0 amide bonds. The molecule has 13 rings (SSSR count). The molecule has 4 aromatic heterocycles. The SMILES string of the molecule is c1ccc(-c2nc(-c3ccccc3)nc(-c3cccc4c3oc3c(-c5cccc6c5c5ccccc5n6-c5ccc6c(c5)c5ccccc5n6-c5ccccc5)cccc34)n2)cc1. The van der Waals surface area contributed by atoms with E-state index < -0.39 is 0 Å². The molecule has 0 bridgehead atoms. The minimum absolute atomic E-state index is 0.558. The van der Waals surface area contributed by atoms with Crippen molar-refractivity contribution in [3.05, 3.63) is 212 Å². The molecule has 63 heavy (non-hydrogen) atoms. The van der Waals surface area contributed by atoms with Crippen LogP contribution in [0.2, 0.25) is 0 Å². The van der Waals surface area contributed by atoms with Crippen molar-refractivity contribution in [3.63, 3.8) is 0 Å². The van der Waals surface area contributed by atoms with Gasteiger partial charge in [-0.3, -0.25) is 0 Å². The Balaban J connectivity index is 1.01. The number of benzene rings is 9. The number of fused-ring (bicyclic) bond motifs is 9. The van der Waals surface area contributed by atoms with Gasteiger partial charge in [-0.2, -0.15) is 0 Å². The minimum Gasteiger partial charge on any atom is -0.455 e. The summed E-state index contributed by atoms with van der Waals surface area (Å²) in [6, 6.07) is 74.4. The second-order valence-corrected chi connectivity index (χ2v) is 15.9. The third-order valence-corrected chi connectivity index (χ3v) is 12.4. The van der Waals surface area contributed by atoms with E-state index in [4.69, 9.17) is 19.4 Å². The van der Waals surface area contributed by atoms with E-state index in [2.05, 4.69) is 155 Å². The molecule has 13 aromatic rings. The second-order valence-electron chi connectivity index (χ2n) is 15.9. The Morgan fingerprint density at radius 3 is 1.48 bits per heavy atom. The van der Waals surface area contributed by atoms with Crippen LogP contribution in [0.1, 0.15) is 0 Å². The van der Waals surface area contributed by atoms with Crippen molar-refractivity contribution in [2.24, 2.45) is 0 Å². The second kappa shape index (κ2) is 14.0. The predicted octanol–water partition coefficient (Wildman–Crippen LogP) is 14.6. The molecule has 6 heteroatoms. The first-order valence-electron chi connectivity index (χ1n) is 21.2. The van der Waals surface area contributed by atoms with E-state index in [0.717, 1.165) is 72.2 Å². The van der Waals surface area contributed by atoms with Gasteiger partial charge in [-0.25, -0.2) is 15.0 Å². The maximum atomic E-state index is 7.09. The molecule has 4 heterocycles. The molecule has 0 spiro atoms. The van der Waals surface area contributed by atoms with Crippen LogP contribution in [0.5, 0.6) is 0 Å². The summed E-state index contributed by atoms with van der Waals surface area (Å²) in [6.07, 6.45) is 0. The molecule has 6 nitrogen and oxygen atoms in total. The quantitative estimate of drug-likeness (QED) is 0.168. The average Bonchev–Trinajstić information content (AvgIpc) is 4.02. The van der Waals surface area contributed by atoms with Crippen LogP contribution in [0.25, 0.3) is 122 Å². The predicted molar refractivity (Wildman–Crippen MR) is 258 cm³/mol. The van der Waals surface area contributed by atoms with E-state index in [1.165, 1.54) is 32.6 Å². The Labute approximate surface area is 361 Å². The van der Waals surface area contributed by atoms with Crippen LogP contribution in [0.3, 0.4) is 0 Å². The lowest BCUT2D eigenvalue weighted by molar-refractivity contribution is 0.670. The summed E-state index contributed by atoms with van der Waals surface area (Å²) < 4.78 is 11.9. The zero-order chi connectivity index (χ0) is 41.4. The fraction of sp³-hybridized carbons (Fsp3) is 0. The molecule has 0 atom stereocenters. The summed E-state index contributed by atoms with van der Waals surface area (Å²) in [5.41, 5.74) is 13.2. The molecule has 294 valence electrons. The van der Waals surface area contributed by atoms with Crippen LogP contribution in [0.4, 0.5) is 0 Å². The van der Waals surface area contributed by atoms with E-state index in [1.54, 1.807) is 0 Å². The van der Waals surface area contributed by atoms with Crippen LogP contribution < -0.4 is 0 Å². The summed E-state index contributed by atoms with van der Waals surface area (Å²) in [5.74, 6) is 1.78. The van der Waals surface area contributed by atoms with Crippen molar-refractivity contribution in [1.29, 1.82) is 0 Å². The Bertz CT molecular complexity index is 3850. The van der Waals surface area contributed by atoms with E-state index in [0.29, 0.717) is 17.5 Å². The molecule has 0 fully saturated rings. The smallest absolute Gasteiger partial charge is 0.167 e. The van der Waals surface area contributed by atoms with E-state index in [-0.39, 0.29) is 0 Å². The summed E-state index contributed by atoms with van der Waals surface area (Å²) in [6.45, 7) is 0. The lowest BCUT2D eigenvalue weighted by atomic mass is 9.97. The van der Waals surface area contributed by atoms with Gasteiger partial charge in [-0.1, -0.05) is 158 Å². The summed E-state index contributed by atoms with van der Waals surface area (Å²) >= 11 is 0. The number of hydrogen-bond acceptors (Lipinski definition) is 4. The van der Waals surface area contributed by atoms with Crippen molar-refractivity contribution in [2.45, 2.75) is 0 Å². The Morgan fingerprint density at radius 1 is 0.302 bits per heavy atom. The largest absolute Gasteiger partial charge is 0.455 e. The summed E-state index contributed by atoms with van der Waals surface area (Å²) in [4.78, 5) is 15.1. The first kappa shape index (κ1) is 35.2. The first-order valence-corrected chi connectivity index (χ1v) is 21.2. The molecule has 0 radical (unpaired) electrons. The fourth-order valence-electron chi connectivity index (χ4n) is 9.61. The number of furan rings is 1. The third-order valence-electron chi connectivity index (χ3n) is 12.4. The molecule has 9 aromatic carbocycles. The van der Waals surface area contributed by atoms with Crippen LogP contribution in [-0.4, -0.2) is 24.1 Å². The van der Waals surface area contributed by atoms with E-state index >= 15 is 0 Å². The summed E-state index contributed by atoms with van der Waals surface area (Å²) in [7, 11) is 0. The van der Waals surface area contributed by atoms with Gasteiger partial charge in [-0.05, 0) is 60.2 Å². The maximum Gasteiger partial charge on any atom is 0.167 e. The fourth-order valence-corrected chi connectivity index (χ4v) is 9.61. The van der Waals surface area contributed by atoms with Crippen LogP contribution in [0, 0.1) is 0 Å². The van der Waals surface area contributed by atoms with Crippen LogP contribution in [0.15, 0.2) is 217 Å². The molecule has 0 saturated heterocycles. The molecule has 0 aliphatic heterocycles. The number of rotatable bonds is 6. The normalized spacial score (nSPS) is 11.8. The minimum atomic E-state index is 0.558. The van der Waals surface area contributed by atoms with Crippen LogP contribution >= 0.6 is 0 Å². The zero-order valence-electron chi connectivity index (χ0n) is 33.9. The van der Waals surface area contributed by atoms with Gasteiger partial charge < -0.3 is 13.6 Å². The number of aromatic nitrogens is 5. The van der Waals surface area contributed by atoms with Gasteiger partial charge >= 0.3 is 0 Å². The first-order chi connectivity index (χ1) is 31.3. The molecular formula is C57H35N5O. The molecular weight excluding hydrogens is 771 g/mol. The molecule has 0 unspecified atom stereocenters. The highest BCUT2D eigenvalue weighted by Gasteiger charge is 2.23. The molecule has 0 N–H and O–H groups in total. The third kappa shape index (κ3) is 5.48. The van der Waals surface area contributed by atoms with E-state index in [1.807, 2.05) is 66.7 Å². The Hall–Kier alpha value is -8.61. The number of nitrogens with zero attached hydrogens (tertiary/aromatic N) is 5. The Morgan fingerprint density at radius 2 is 0.778 bits per heavy atom. The standard InChI is InChI=1S/C57H35N5O/c1-4-17-36(18-5-1)55-58-56(37-19-6-2-7-20-37)60-57(59-55)46-29-15-28-44-43-27-14-26-42(53(43)63-54(44)46)41-25-16-32-51-52(41)45-24-11-13-31-49(45)62(51)39-33-34-50-47(35-39)40-23-10-12-30-48(40)61(50)38-21-8-3-9-22-38/h1-35H. The highest BCUT2D eigenvalue weighted by Crippen LogP contribution is 2.45. The number of para-hydroxylation sites is 5. The Kier molecular flexibility index (Phi) is 7.80. The highest BCUT2D eigenvalue weighted by molar-refractivity contribution is 6.20. The lowest BCUT2D eigenvalue weighted by Gasteiger charge is -2.11. The summed E-state index contributed by atoms with van der Waals surface area (Å²) in [5, 5.41) is 6.82. The molecule has 0 aliphatic carbocycles. The van der Waals surface area contributed by atoms with Gasteiger partial charge in [0.2, 0.25) is 0 Å². The van der Waals surface area contributed by atoms with Gasteiger partial charge in [0, 0.05) is 60.4 Å². The molecule has 0 saturated carbocycles. The van der Waals surface area contributed by atoms with Crippen molar-refractivity contribution in [1.82, 2.24) is 24.1 Å². The monoisotopic (exact) mass is 805 g/mol.